The first-order chi connectivity index (χ1) is 7.66. The SMILES string of the molecule is CN1C[C@@H](C(=O)Nc2cccnc2)CC1=O. The Hall–Kier alpha value is -1.91. The maximum Gasteiger partial charge on any atom is 0.229 e. The molecule has 0 spiro atoms. The van der Waals surface area contributed by atoms with Gasteiger partial charge in [0.05, 0.1) is 17.8 Å². The number of amides is 2. The molecule has 5 nitrogen and oxygen atoms in total. The molecular weight excluding hydrogens is 206 g/mol. The number of hydrogen-bond donors (Lipinski definition) is 1. The molecule has 2 heterocycles. The maximum atomic E-state index is 11.8. The summed E-state index contributed by atoms with van der Waals surface area (Å²) in [6.07, 6.45) is 3.52. The summed E-state index contributed by atoms with van der Waals surface area (Å²) in [5, 5.41) is 2.74. The van der Waals surface area contributed by atoms with Crippen molar-refractivity contribution in [1.82, 2.24) is 9.88 Å². The van der Waals surface area contributed by atoms with Gasteiger partial charge in [0.2, 0.25) is 11.8 Å². The minimum Gasteiger partial charge on any atom is -0.345 e. The van der Waals surface area contributed by atoms with Gasteiger partial charge in [0.1, 0.15) is 0 Å². The van der Waals surface area contributed by atoms with Gasteiger partial charge in [-0.25, -0.2) is 0 Å². The summed E-state index contributed by atoms with van der Waals surface area (Å²) in [5.41, 5.74) is 0.662. The number of carbonyl (C=O) groups is 2. The molecule has 1 saturated heterocycles. The first-order valence-electron chi connectivity index (χ1n) is 5.11. The highest BCUT2D eigenvalue weighted by atomic mass is 16.2. The fourth-order valence-electron chi connectivity index (χ4n) is 1.72. The molecule has 84 valence electrons. The maximum absolute atomic E-state index is 11.8. The third-order valence-electron chi connectivity index (χ3n) is 2.64. The number of aromatic nitrogens is 1. The van der Waals surface area contributed by atoms with Crippen molar-refractivity contribution in [3.63, 3.8) is 0 Å². The van der Waals surface area contributed by atoms with Crippen LogP contribution in [0.15, 0.2) is 24.5 Å². The van der Waals surface area contributed by atoms with E-state index >= 15 is 0 Å². The molecule has 2 amide bonds. The van der Waals surface area contributed by atoms with Crippen LogP contribution in [-0.4, -0.2) is 35.3 Å². The lowest BCUT2D eigenvalue weighted by Crippen LogP contribution is -2.25. The molecule has 1 aromatic rings. The topological polar surface area (TPSA) is 62.3 Å². The molecule has 0 aliphatic carbocycles. The lowest BCUT2D eigenvalue weighted by molar-refractivity contribution is -0.127. The van der Waals surface area contributed by atoms with Gasteiger partial charge in [0.15, 0.2) is 0 Å². The van der Waals surface area contributed by atoms with Crippen molar-refractivity contribution in [3.05, 3.63) is 24.5 Å². The van der Waals surface area contributed by atoms with Gasteiger partial charge in [-0.3, -0.25) is 14.6 Å². The summed E-state index contributed by atoms with van der Waals surface area (Å²) in [4.78, 5) is 28.5. The molecule has 0 radical (unpaired) electrons. The molecule has 5 heteroatoms. The highest BCUT2D eigenvalue weighted by Gasteiger charge is 2.31. The standard InChI is InChI=1S/C11H13N3O2/c1-14-7-8(5-10(14)15)11(16)13-9-3-2-4-12-6-9/h2-4,6,8H,5,7H2,1H3,(H,13,16)/t8-/m0/s1. The van der Waals surface area contributed by atoms with Gasteiger partial charge in [-0.1, -0.05) is 0 Å². The molecule has 0 unspecified atom stereocenters. The second kappa shape index (κ2) is 4.30. The fourth-order valence-corrected chi connectivity index (χ4v) is 1.72. The van der Waals surface area contributed by atoms with Crippen LogP contribution >= 0.6 is 0 Å². The second-order valence-electron chi connectivity index (χ2n) is 3.91. The lowest BCUT2D eigenvalue weighted by Gasteiger charge is -2.10. The van der Waals surface area contributed by atoms with E-state index < -0.39 is 0 Å². The average molecular weight is 219 g/mol. The quantitative estimate of drug-likeness (QED) is 0.787. The number of likely N-dealkylation sites (tertiary alicyclic amines) is 1. The minimum atomic E-state index is -0.252. The van der Waals surface area contributed by atoms with Crippen molar-refractivity contribution in [2.75, 3.05) is 18.9 Å². The summed E-state index contributed by atoms with van der Waals surface area (Å²) >= 11 is 0. The number of nitrogens with one attached hydrogen (secondary N) is 1. The van der Waals surface area contributed by atoms with E-state index in [1.165, 1.54) is 0 Å². The third kappa shape index (κ3) is 2.18. The van der Waals surface area contributed by atoms with Crippen LogP contribution in [0.2, 0.25) is 0 Å². The van der Waals surface area contributed by atoms with Crippen molar-refractivity contribution in [1.29, 1.82) is 0 Å². The van der Waals surface area contributed by atoms with Gasteiger partial charge in [-0.15, -0.1) is 0 Å². The Morgan fingerprint density at radius 1 is 1.62 bits per heavy atom. The number of pyridine rings is 1. The minimum absolute atomic E-state index is 0.0198. The molecule has 2 rings (SSSR count). The Balaban J connectivity index is 1.97. The van der Waals surface area contributed by atoms with E-state index in [0.717, 1.165) is 0 Å². The van der Waals surface area contributed by atoms with Crippen LogP contribution in [0.1, 0.15) is 6.42 Å². The predicted molar refractivity (Wildman–Crippen MR) is 58.6 cm³/mol. The Morgan fingerprint density at radius 2 is 2.44 bits per heavy atom. The van der Waals surface area contributed by atoms with Crippen molar-refractivity contribution in [2.45, 2.75) is 6.42 Å². The van der Waals surface area contributed by atoms with Gasteiger partial charge in [0.25, 0.3) is 0 Å². The summed E-state index contributed by atoms with van der Waals surface area (Å²) in [7, 11) is 1.71. The van der Waals surface area contributed by atoms with Gasteiger partial charge < -0.3 is 10.2 Å². The number of hydrogen-bond acceptors (Lipinski definition) is 3. The molecular formula is C11H13N3O2. The molecule has 1 atom stereocenters. The lowest BCUT2D eigenvalue weighted by atomic mass is 10.1. The van der Waals surface area contributed by atoms with Crippen LogP contribution in [0.5, 0.6) is 0 Å². The zero-order valence-corrected chi connectivity index (χ0v) is 9.01. The first kappa shape index (κ1) is 10.6. The fraction of sp³-hybridized carbons (Fsp3) is 0.364. The van der Waals surface area contributed by atoms with Gasteiger partial charge >= 0.3 is 0 Å². The molecule has 0 aromatic carbocycles. The van der Waals surface area contributed by atoms with Crippen LogP contribution in [-0.2, 0) is 9.59 Å². The van der Waals surface area contributed by atoms with Gasteiger partial charge in [-0.2, -0.15) is 0 Å². The van der Waals surface area contributed by atoms with Gasteiger partial charge in [0, 0.05) is 26.2 Å². The van der Waals surface area contributed by atoms with E-state index in [9.17, 15) is 9.59 Å². The summed E-state index contributed by atoms with van der Waals surface area (Å²) in [6, 6.07) is 3.52. The monoisotopic (exact) mass is 219 g/mol. The molecule has 1 aliphatic rings. The van der Waals surface area contributed by atoms with Crippen LogP contribution < -0.4 is 5.32 Å². The number of anilines is 1. The smallest absolute Gasteiger partial charge is 0.229 e. The van der Waals surface area contributed by atoms with Crippen molar-refractivity contribution in [2.24, 2.45) is 5.92 Å². The molecule has 1 N–H and O–H groups in total. The zero-order valence-electron chi connectivity index (χ0n) is 9.01. The number of carbonyl (C=O) groups excluding carboxylic acids is 2. The highest BCUT2D eigenvalue weighted by molar-refractivity contribution is 5.96. The molecule has 1 aliphatic heterocycles. The average Bonchev–Trinajstić information content (AvgIpc) is 2.61. The van der Waals surface area contributed by atoms with E-state index in [1.807, 2.05) is 0 Å². The van der Waals surface area contributed by atoms with Gasteiger partial charge in [-0.05, 0) is 12.1 Å². The summed E-state index contributed by atoms with van der Waals surface area (Å²) in [6.45, 7) is 0.491. The molecule has 0 bridgehead atoms. The zero-order chi connectivity index (χ0) is 11.5. The predicted octanol–water partition coefficient (Wildman–Crippen LogP) is 0.498. The van der Waals surface area contributed by atoms with Crippen molar-refractivity contribution >= 4 is 17.5 Å². The van der Waals surface area contributed by atoms with Crippen LogP contribution in [0, 0.1) is 5.92 Å². The van der Waals surface area contributed by atoms with E-state index in [0.29, 0.717) is 18.7 Å². The Kier molecular flexibility index (Phi) is 2.85. The van der Waals surface area contributed by atoms with Crippen molar-refractivity contribution in [3.8, 4) is 0 Å². The molecule has 0 saturated carbocycles. The van der Waals surface area contributed by atoms with E-state index in [2.05, 4.69) is 10.3 Å². The summed E-state index contributed by atoms with van der Waals surface area (Å²) < 4.78 is 0. The molecule has 16 heavy (non-hydrogen) atoms. The summed E-state index contributed by atoms with van der Waals surface area (Å²) in [5.74, 6) is -0.352. The van der Waals surface area contributed by atoms with E-state index in [4.69, 9.17) is 0 Å². The number of nitrogens with zero attached hydrogens (tertiary/aromatic N) is 2. The Morgan fingerprint density at radius 3 is 3.00 bits per heavy atom. The Labute approximate surface area is 93.5 Å². The molecule has 1 aromatic heterocycles. The van der Waals surface area contributed by atoms with Crippen molar-refractivity contribution < 1.29 is 9.59 Å². The normalized spacial score (nSPS) is 19.9. The largest absolute Gasteiger partial charge is 0.345 e. The van der Waals surface area contributed by atoms with Crippen LogP contribution in [0.3, 0.4) is 0 Å². The van der Waals surface area contributed by atoms with Crippen LogP contribution in [0.4, 0.5) is 5.69 Å². The first-order valence-corrected chi connectivity index (χ1v) is 5.11. The second-order valence-corrected chi connectivity index (χ2v) is 3.91. The van der Waals surface area contributed by atoms with E-state index in [-0.39, 0.29) is 17.7 Å². The Bertz CT molecular complexity index is 405. The third-order valence-corrected chi connectivity index (χ3v) is 2.64. The molecule has 1 fully saturated rings. The van der Waals surface area contributed by atoms with E-state index in [1.54, 1.807) is 36.5 Å². The highest BCUT2D eigenvalue weighted by Crippen LogP contribution is 2.17. The number of rotatable bonds is 2. The van der Waals surface area contributed by atoms with Crippen LogP contribution in [0.25, 0.3) is 0 Å².